The van der Waals surface area contributed by atoms with Gasteiger partial charge in [-0.2, -0.15) is 0 Å². The van der Waals surface area contributed by atoms with Crippen LogP contribution < -0.4 is 5.73 Å². The summed E-state index contributed by atoms with van der Waals surface area (Å²) in [6.07, 6.45) is 1.47. The normalized spacial score (nSPS) is 14.2. The van der Waals surface area contributed by atoms with Crippen molar-refractivity contribution in [1.29, 1.82) is 0 Å². The molecule has 0 aromatic carbocycles. The van der Waals surface area contributed by atoms with E-state index >= 15 is 0 Å². The first-order valence-electron chi connectivity index (χ1n) is 2.95. The predicted octanol–water partition coefficient (Wildman–Crippen LogP) is -1.60. The van der Waals surface area contributed by atoms with Gasteiger partial charge in [0.05, 0.1) is 5.41 Å². The lowest BCUT2D eigenvalue weighted by Crippen LogP contribution is -2.21. The maximum absolute atomic E-state index is 10.8. The zero-order chi connectivity index (χ0) is 10.9. The number of hydrogen-bond acceptors (Lipinski definition) is 5. The first-order valence-corrected chi connectivity index (χ1v) is 6.80. The third kappa shape index (κ3) is 4.63. The average Bonchev–Trinajstić information content (AvgIpc) is 1.77. The Morgan fingerprint density at radius 2 is 1.54 bits per heavy atom. The molecule has 0 aliphatic heterocycles. The Bertz CT molecular complexity index is 441. The number of primary amides is 1. The molecule has 0 fully saturated rings. The van der Waals surface area contributed by atoms with E-state index in [1.54, 1.807) is 0 Å². The van der Waals surface area contributed by atoms with Crippen LogP contribution in [0.25, 0.3) is 0 Å². The van der Waals surface area contributed by atoms with Gasteiger partial charge in [0.2, 0.25) is 0 Å². The van der Waals surface area contributed by atoms with Crippen molar-refractivity contribution in [1.82, 2.24) is 0 Å². The summed E-state index contributed by atoms with van der Waals surface area (Å²) in [6, 6.07) is 0. The van der Waals surface area contributed by atoms with Gasteiger partial charge in [0, 0.05) is 12.5 Å². The van der Waals surface area contributed by atoms with Gasteiger partial charge in [0.25, 0.3) is 5.91 Å². The van der Waals surface area contributed by atoms with Gasteiger partial charge in [-0.1, -0.05) is 0 Å². The molecule has 0 bridgehead atoms. The number of hydrogen-bond donors (Lipinski definition) is 1. The van der Waals surface area contributed by atoms with Crippen LogP contribution in [0.15, 0.2) is 10.3 Å². The molecule has 0 saturated carbocycles. The van der Waals surface area contributed by atoms with E-state index in [9.17, 15) is 21.6 Å². The lowest BCUT2D eigenvalue weighted by Gasteiger charge is -1.98. The largest absolute Gasteiger partial charge is 0.365 e. The minimum absolute atomic E-state index is 0.338. The number of sulfone groups is 2. The van der Waals surface area contributed by atoms with Crippen LogP contribution in [0, 0.1) is 0 Å². The summed E-state index contributed by atoms with van der Waals surface area (Å²) in [5.41, 5.74) is 4.68. The summed E-state index contributed by atoms with van der Waals surface area (Å²) in [4.78, 5) is 9.63. The molecule has 0 unspecified atom stereocenters. The fourth-order valence-corrected chi connectivity index (χ4v) is 2.62. The second-order valence-corrected chi connectivity index (χ2v) is 6.33. The highest BCUT2D eigenvalue weighted by Gasteiger charge is 2.19. The average molecular weight is 227 g/mol. The van der Waals surface area contributed by atoms with E-state index in [0.717, 1.165) is 6.26 Å². The summed E-state index contributed by atoms with van der Waals surface area (Å²) in [5, 5.41) is 0.338. The van der Waals surface area contributed by atoms with Gasteiger partial charge in [0.1, 0.15) is 4.91 Å². The van der Waals surface area contributed by atoms with Gasteiger partial charge in [0.15, 0.2) is 19.7 Å². The molecule has 76 valence electrons. The molecule has 0 saturated heterocycles. The minimum atomic E-state index is -3.89. The van der Waals surface area contributed by atoms with Gasteiger partial charge in [-0.3, -0.25) is 4.79 Å². The monoisotopic (exact) mass is 227 g/mol. The number of amides is 1. The van der Waals surface area contributed by atoms with Crippen LogP contribution in [0.2, 0.25) is 0 Å². The van der Waals surface area contributed by atoms with Crippen LogP contribution in [0.1, 0.15) is 0 Å². The molecular weight excluding hydrogens is 218 g/mol. The molecule has 0 radical (unpaired) electrons. The molecule has 13 heavy (non-hydrogen) atoms. The molecule has 6 nitrogen and oxygen atoms in total. The summed E-state index contributed by atoms with van der Waals surface area (Å²) >= 11 is 0. The molecular formula is C5H9NO5S2. The van der Waals surface area contributed by atoms with E-state index in [4.69, 9.17) is 0 Å². The van der Waals surface area contributed by atoms with Crippen molar-refractivity contribution < 1.29 is 21.6 Å². The quantitative estimate of drug-likeness (QED) is 0.584. The third-order valence-corrected chi connectivity index (χ3v) is 2.89. The van der Waals surface area contributed by atoms with Gasteiger partial charge >= 0.3 is 0 Å². The van der Waals surface area contributed by atoms with E-state index in [-0.39, 0.29) is 0 Å². The maximum Gasteiger partial charge on any atom is 0.260 e. The lowest BCUT2D eigenvalue weighted by atomic mass is 10.6. The van der Waals surface area contributed by atoms with E-state index in [2.05, 4.69) is 5.73 Å². The molecule has 0 rings (SSSR count). The Hall–Kier alpha value is -0.890. The van der Waals surface area contributed by atoms with Crippen LogP contribution in [-0.4, -0.2) is 35.3 Å². The topological polar surface area (TPSA) is 111 Å². The lowest BCUT2D eigenvalue weighted by molar-refractivity contribution is -0.113. The third-order valence-electron chi connectivity index (χ3n) is 0.963. The second-order valence-electron chi connectivity index (χ2n) is 2.45. The molecule has 0 heterocycles. The summed E-state index contributed by atoms with van der Waals surface area (Å²) < 4.78 is 42.9. The summed E-state index contributed by atoms with van der Waals surface area (Å²) in [6.45, 7) is 0. The van der Waals surface area contributed by atoms with Gasteiger partial charge in [-0.15, -0.1) is 0 Å². The Morgan fingerprint density at radius 1 is 1.15 bits per heavy atom. The second kappa shape index (κ2) is 3.46. The van der Waals surface area contributed by atoms with Crippen LogP contribution in [0.5, 0.6) is 0 Å². The molecule has 2 N–H and O–H groups in total. The van der Waals surface area contributed by atoms with Crippen molar-refractivity contribution in [3.63, 3.8) is 0 Å². The fraction of sp³-hybridized carbons (Fsp3) is 0.400. The van der Waals surface area contributed by atoms with Crippen molar-refractivity contribution in [3.05, 3.63) is 10.3 Å². The van der Waals surface area contributed by atoms with Crippen LogP contribution in [0.3, 0.4) is 0 Å². The van der Waals surface area contributed by atoms with Crippen molar-refractivity contribution in [3.8, 4) is 0 Å². The van der Waals surface area contributed by atoms with E-state index < -0.39 is 30.5 Å². The molecule has 1 amide bonds. The van der Waals surface area contributed by atoms with Crippen LogP contribution in [-0.2, 0) is 24.5 Å². The highest BCUT2D eigenvalue weighted by Crippen LogP contribution is 2.05. The zero-order valence-electron chi connectivity index (χ0n) is 7.01. The van der Waals surface area contributed by atoms with E-state index in [1.807, 2.05) is 0 Å². The van der Waals surface area contributed by atoms with Crippen molar-refractivity contribution in [2.45, 2.75) is 0 Å². The van der Waals surface area contributed by atoms with Gasteiger partial charge in [-0.05, 0) is 0 Å². The van der Waals surface area contributed by atoms with Gasteiger partial charge < -0.3 is 5.73 Å². The SMILES string of the molecule is CS(=O)(=O)/C=C(\C(N)=O)S(C)(=O)=O. The first kappa shape index (κ1) is 12.1. The highest BCUT2D eigenvalue weighted by molar-refractivity contribution is 7.98. The number of rotatable bonds is 3. The minimum Gasteiger partial charge on any atom is -0.365 e. The van der Waals surface area contributed by atoms with Crippen molar-refractivity contribution in [2.24, 2.45) is 5.73 Å². The molecule has 8 heteroatoms. The number of carbonyl (C=O) groups excluding carboxylic acids is 1. The maximum atomic E-state index is 10.8. The molecule has 0 aromatic rings. The Labute approximate surface area is 76.3 Å². The zero-order valence-corrected chi connectivity index (χ0v) is 8.65. The number of carbonyl (C=O) groups is 1. The highest BCUT2D eigenvalue weighted by atomic mass is 32.2. The first-order chi connectivity index (χ1) is 5.54. The van der Waals surface area contributed by atoms with Gasteiger partial charge in [-0.25, -0.2) is 16.8 Å². The van der Waals surface area contributed by atoms with Crippen molar-refractivity contribution >= 4 is 25.6 Å². The predicted molar refractivity (Wildman–Crippen MR) is 47.0 cm³/mol. The Balaban J connectivity index is 5.60. The fourth-order valence-electron chi connectivity index (χ4n) is 0.523. The van der Waals surface area contributed by atoms with Crippen LogP contribution in [0.4, 0.5) is 0 Å². The molecule has 0 aliphatic rings. The molecule has 0 aliphatic carbocycles. The smallest absolute Gasteiger partial charge is 0.260 e. The van der Waals surface area contributed by atoms with Crippen LogP contribution >= 0.6 is 0 Å². The molecule has 0 spiro atoms. The summed E-state index contributed by atoms with van der Waals surface area (Å²) in [7, 11) is -7.58. The molecule has 0 aromatic heterocycles. The summed E-state index contributed by atoms with van der Waals surface area (Å²) in [5.74, 6) is -1.28. The van der Waals surface area contributed by atoms with Crippen molar-refractivity contribution in [2.75, 3.05) is 12.5 Å². The molecule has 0 atom stereocenters. The standard InChI is InChI=1S/C5H9NO5S2/c1-12(8,9)3-4(5(6)7)13(2,10)11/h3H,1-2H3,(H2,6,7)/b4-3+. The van der Waals surface area contributed by atoms with E-state index in [1.165, 1.54) is 0 Å². The number of nitrogens with two attached hydrogens (primary N) is 1. The van der Waals surface area contributed by atoms with E-state index in [0.29, 0.717) is 11.7 Å². The Morgan fingerprint density at radius 3 is 1.62 bits per heavy atom. The Kier molecular flexibility index (Phi) is 3.23.